The topological polar surface area (TPSA) is 228 Å². The molecule has 0 spiro atoms. The summed E-state index contributed by atoms with van der Waals surface area (Å²) in [5.74, 6) is -5.79. The second-order valence-corrected chi connectivity index (χ2v) is 6.92. The lowest BCUT2D eigenvalue weighted by Crippen LogP contribution is -2.59. The predicted molar refractivity (Wildman–Crippen MR) is 108 cm³/mol. The first-order chi connectivity index (χ1) is 14.9. The van der Waals surface area contributed by atoms with E-state index >= 15 is 0 Å². The molecule has 1 aromatic carbocycles. The van der Waals surface area contributed by atoms with Gasteiger partial charge in [-0.2, -0.15) is 0 Å². The molecule has 32 heavy (non-hydrogen) atoms. The molecule has 13 heteroatoms. The van der Waals surface area contributed by atoms with Gasteiger partial charge in [0.2, 0.25) is 17.7 Å². The molecule has 0 radical (unpaired) electrons. The van der Waals surface area contributed by atoms with Crippen molar-refractivity contribution in [3.8, 4) is 5.75 Å². The Kier molecular flexibility index (Phi) is 10.1. The summed E-state index contributed by atoms with van der Waals surface area (Å²) in [7, 11) is 0. The number of aliphatic carboxylic acids is 2. The van der Waals surface area contributed by atoms with Gasteiger partial charge in [-0.3, -0.25) is 19.2 Å². The number of aromatic hydroxyl groups is 1. The van der Waals surface area contributed by atoms with Crippen LogP contribution in [0.5, 0.6) is 5.75 Å². The summed E-state index contributed by atoms with van der Waals surface area (Å²) in [6, 6.07) is 1.10. The van der Waals surface area contributed by atoms with E-state index in [1.165, 1.54) is 24.3 Å². The van der Waals surface area contributed by atoms with E-state index < -0.39 is 66.9 Å². The molecule has 0 aromatic heterocycles. The standard InChI is InChI=1S/C19H26N4O9/c1-9(24)16(18(30)22-13(19(31)32)7-15(27)28)23-17(29)12(21-14(26)8-20)6-10-2-4-11(25)5-3-10/h2-5,9,12-13,16,24-25H,6-8,20H2,1H3,(H,21,26)(H,22,30)(H,23,29)(H,27,28)(H,31,32). The van der Waals surface area contributed by atoms with Crippen LogP contribution in [0.15, 0.2) is 24.3 Å². The fraction of sp³-hybridized carbons (Fsp3) is 0.421. The van der Waals surface area contributed by atoms with Gasteiger partial charge in [0.1, 0.15) is 23.9 Å². The molecule has 4 atom stereocenters. The maximum atomic E-state index is 12.8. The number of phenols is 1. The van der Waals surface area contributed by atoms with E-state index in [1.54, 1.807) is 0 Å². The van der Waals surface area contributed by atoms with Crippen LogP contribution in [-0.2, 0) is 30.4 Å². The number of carboxylic acid groups (broad SMARTS) is 2. The Labute approximate surface area is 182 Å². The average Bonchev–Trinajstić information content (AvgIpc) is 2.71. The van der Waals surface area contributed by atoms with Crippen molar-refractivity contribution in [2.75, 3.05) is 6.54 Å². The Balaban J connectivity index is 3.01. The van der Waals surface area contributed by atoms with Crippen molar-refractivity contribution < 1.29 is 44.4 Å². The number of hydrogen-bond donors (Lipinski definition) is 8. The fourth-order valence-electron chi connectivity index (χ4n) is 2.63. The molecule has 0 saturated heterocycles. The summed E-state index contributed by atoms with van der Waals surface area (Å²) in [5.41, 5.74) is 5.82. The van der Waals surface area contributed by atoms with E-state index in [-0.39, 0.29) is 12.2 Å². The molecule has 3 amide bonds. The second-order valence-electron chi connectivity index (χ2n) is 6.92. The summed E-state index contributed by atoms with van der Waals surface area (Å²) >= 11 is 0. The molecule has 0 heterocycles. The third kappa shape index (κ3) is 8.57. The molecule has 4 unspecified atom stereocenters. The van der Waals surface area contributed by atoms with E-state index in [4.69, 9.17) is 15.9 Å². The number of hydrogen-bond acceptors (Lipinski definition) is 8. The van der Waals surface area contributed by atoms with Crippen LogP contribution in [0.2, 0.25) is 0 Å². The molecular formula is C19H26N4O9. The minimum absolute atomic E-state index is 0.0130. The van der Waals surface area contributed by atoms with Gasteiger partial charge >= 0.3 is 11.9 Å². The Morgan fingerprint density at radius 2 is 1.53 bits per heavy atom. The van der Waals surface area contributed by atoms with Crippen molar-refractivity contribution in [1.29, 1.82) is 0 Å². The van der Waals surface area contributed by atoms with Crippen molar-refractivity contribution in [3.05, 3.63) is 29.8 Å². The van der Waals surface area contributed by atoms with Gasteiger partial charge in [0.15, 0.2) is 0 Å². The summed E-state index contributed by atoms with van der Waals surface area (Å²) in [6.45, 7) is 0.736. The zero-order valence-corrected chi connectivity index (χ0v) is 17.1. The Morgan fingerprint density at radius 3 is 2.00 bits per heavy atom. The van der Waals surface area contributed by atoms with Crippen LogP contribution in [0.3, 0.4) is 0 Å². The molecular weight excluding hydrogens is 428 g/mol. The lowest BCUT2D eigenvalue weighted by atomic mass is 10.0. The van der Waals surface area contributed by atoms with E-state index in [2.05, 4.69) is 10.6 Å². The normalized spacial score (nSPS) is 14.3. The van der Waals surface area contributed by atoms with E-state index in [0.29, 0.717) is 5.56 Å². The molecule has 0 aliphatic rings. The van der Waals surface area contributed by atoms with Crippen LogP contribution in [0, 0.1) is 0 Å². The fourth-order valence-corrected chi connectivity index (χ4v) is 2.63. The highest BCUT2D eigenvalue weighted by atomic mass is 16.4. The quantitative estimate of drug-likeness (QED) is 0.163. The number of phenolic OH excluding ortho intramolecular Hbond substituents is 1. The molecule has 0 bridgehead atoms. The van der Waals surface area contributed by atoms with E-state index in [9.17, 15) is 34.2 Å². The Bertz CT molecular complexity index is 842. The first-order valence-electron chi connectivity index (χ1n) is 9.45. The van der Waals surface area contributed by atoms with Gasteiger partial charge < -0.3 is 42.1 Å². The number of amides is 3. The third-order valence-electron chi connectivity index (χ3n) is 4.27. The van der Waals surface area contributed by atoms with Crippen LogP contribution in [0.4, 0.5) is 0 Å². The Hall–Kier alpha value is -3.71. The number of carbonyl (C=O) groups is 5. The van der Waals surface area contributed by atoms with Crippen LogP contribution in [-0.4, -0.2) is 80.9 Å². The number of nitrogens with two attached hydrogens (primary N) is 1. The first-order valence-corrected chi connectivity index (χ1v) is 9.45. The summed E-state index contributed by atoms with van der Waals surface area (Å²) in [4.78, 5) is 58.9. The van der Waals surface area contributed by atoms with Gasteiger partial charge in [-0.1, -0.05) is 12.1 Å². The minimum Gasteiger partial charge on any atom is -0.508 e. The minimum atomic E-state index is -1.79. The highest BCUT2D eigenvalue weighted by molar-refractivity contribution is 5.94. The SMILES string of the molecule is CC(O)C(NC(=O)C(Cc1ccc(O)cc1)NC(=O)CN)C(=O)NC(CC(=O)O)C(=O)O. The molecule has 9 N–H and O–H groups in total. The van der Waals surface area contributed by atoms with Crippen molar-refractivity contribution in [2.24, 2.45) is 5.73 Å². The first kappa shape index (κ1) is 26.3. The van der Waals surface area contributed by atoms with Crippen molar-refractivity contribution in [1.82, 2.24) is 16.0 Å². The Morgan fingerprint density at radius 1 is 0.938 bits per heavy atom. The van der Waals surface area contributed by atoms with Crippen molar-refractivity contribution in [3.63, 3.8) is 0 Å². The maximum absolute atomic E-state index is 12.8. The van der Waals surface area contributed by atoms with Gasteiger partial charge in [0.25, 0.3) is 0 Å². The van der Waals surface area contributed by atoms with Crippen molar-refractivity contribution >= 4 is 29.7 Å². The number of carboxylic acids is 2. The smallest absolute Gasteiger partial charge is 0.326 e. The number of rotatable bonds is 12. The maximum Gasteiger partial charge on any atom is 0.326 e. The monoisotopic (exact) mass is 454 g/mol. The van der Waals surface area contributed by atoms with Crippen LogP contribution in [0.25, 0.3) is 0 Å². The molecule has 0 aliphatic heterocycles. The summed E-state index contributed by atoms with van der Waals surface area (Å²) in [5, 5.41) is 43.7. The molecule has 1 rings (SSSR count). The van der Waals surface area contributed by atoms with Crippen LogP contribution < -0.4 is 21.7 Å². The lowest BCUT2D eigenvalue weighted by Gasteiger charge is -2.25. The van der Waals surface area contributed by atoms with E-state index in [0.717, 1.165) is 6.92 Å². The zero-order chi connectivity index (χ0) is 24.4. The number of aliphatic hydroxyl groups excluding tert-OH is 1. The van der Waals surface area contributed by atoms with Gasteiger partial charge in [-0.05, 0) is 24.6 Å². The van der Waals surface area contributed by atoms with Crippen LogP contribution in [0.1, 0.15) is 18.9 Å². The predicted octanol–water partition coefficient (Wildman–Crippen LogP) is -2.71. The number of carbonyl (C=O) groups excluding carboxylic acids is 3. The van der Waals surface area contributed by atoms with E-state index in [1.807, 2.05) is 5.32 Å². The lowest BCUT2D eigenvalue weighted by molar-refractivity contribution is -0.148. The molecule has 0 aliphatic carbocycles. The molecule has 0 saturated carbocycles. The van der Waals surface area contributed by atoms with Crippen LogP contribution >= 0.6 is 0 Å². The van der Waals surface area contributed by atoms with Gasteiger partial charge in [0, 0.05) is 6.42 Å². The van der Waals surface area contributed by atoms with Gasteiger partial charge in [0.05, 0.1) is 19.1 Å². The molecule has 176 valence electrons. The van der Waals surface area contributed by atoms with Gasteiger partial charge in [-0.25, -0.2) is 4.79 Å². The third-order valence-corrected chi connectivity index (χ3v) is 4.27. The number of aliphatic hydroxyl groups is 1. The average molecular weight is 454 g/mol. The van der Waals surface area contributed by atoms with Gasteiger partial charge in [-0.15, -0.1) is 0 Å². The molecule has 1 aromatic rings. The summed E-state index contributed by atoms with van der Waals surface area (Å²) < 4.78 is 0. The zero-order valence-electron chi connectivity index (χ0n) is 17.1. The molecule has 13 nitrogen and oxygen atoms in total. The molecule has 0 fully saturated rings. The highest BCUT2D eigenvalue weighted by Gasteiger charge is 2.33. The largest absolute Gasteiger partial charge is 0.508 e. The second kappa shape index (κ2) is 12.2. The highest BCUT2D eigenvalue weighted by Crippen LogP contribution is 2.12. The summed E-state index contributed by atoms with van der Waals surface area (Å²) in [6.07, 6.45) is -2.46. The number of nitrogens with one attached hydrogen (secondary N) is 3. The van der Waals surface area contributed by atoms with Crippen molar-refractivity contribution in [2.45, 2.75) is 44.0 Å². The number of benzene rings is 1.